The summed E-state index contributed by atoms with van der Waals surface area (Å²) in [6.07, 6.45) is 2.38. The average molecular weight is 257 g/mol. The van der Waals surface area contributed by atoms with Crippen molar-refractivity contribution in [1.29, 1.82) is 0 Å². The predicted molar refractivity (Wildman–Crippen MR) is 64.2 cm³/mol. The summed E-state index contributed by atoms with van der Waals surface area (Å²) < 4.78 is 22.3. The number of rotatable bonds is 4. The van der Waals surface area contributed by atoms with Crippen LogP contribution in [0.15, 0.2) is 23.4 Å². The minimum absolute atomic E-state index is 0.0256. The van der Waals surface area contributed by atoms with Gasteiger partial charge in [-0.3, -0.25) is 4.79 Å². The Labute approximate surface area is 100 Å². The second-order valence-corrected chi connectivity index (χ2v) is 5.75. The van der Waals surface area contributed by atoms with Gasteiger partial charge in [-0.2, -0.15) is 0 Å². The van der Waals surface area contributed by atoms with Crippen molar-refractivity contribution in [2.45, 2.75) is 11.9 Å². The molecule has 1 rings (SSSR count). The van der Waals surface area contributed by atoms with E-state index in [4.69, 9.17) is 5.73 Å². The molecule has 94 valence electrons. The highest BCUT2D eigenvalue weighted by Gasteiger charge is 2.12. The van der Waals surface area contributed by atoms with E-state index < -0.39 is 9.84 Å². The number of sulfone groups is 1. The fourth-order valence-corrected chi connectivity index (χ4v) is 1.61. The summed E-state index contributed by atoms with van der Waals surface area (Å²) in [5.74, 6) is -0.522. The monoisotopic (exact) mass is 257 g/mol. The van der Waals surface area contributed by atoms with Gasteiger partial charge in [-0.05, 0) is 12.1 Å². The minimum Gasteiger partial charge on any atom is -0.330 e. The molecular formula is C10H15N3O3S. The van der Waals surface area contributed by atoms with Gasteiger partial charge in [0.2, 0.25) is 5.91 Å². The van der Waals surface area contributed by atoms with E-state index in [0.717, 1.165) is 6.26 Å². The Morgan fingerprint density at radius 2 is 2.18 bits per heavy atom. The number of nitrogens with two attached hydrogens (primary N) is 1. The van der Waals surface area contributed by atoms with Crippen molar-refractivity contribution >= 4 is 21.4 Å². The number of aromatic nitrogens is 1. The zero-order chi connectivity index (χ0) is 13.1. The first-order chi connectivity index (χ1) is 7.84. The molecule has 0 radical (unpaired) electrons. The molecule has 1 unspecified atom stereocenters. The van der Waals surface area contributed by atoms with Gasteiger partial charge in [-0.25, -0.2) is 13.4 Å². The van der Waals surface area contributed by atoms with E-state index in [1.165, 1.54) is 18.3 Å². The lowest BCUT2D eigenvalue weighted by Crippen LogP contribution is -2.26. The first-order valence-electron chi connectivity index (χ1n) is 5.01. The van der Waals surface area contributed by atoms with E-state index in [1.807, 2.05) is 0 Å². The highest BCUT2D eigenvalue weighted by atomic mass is 32.2. The highest BCUT2D eigenvalue weighted by molar-refractivity contribution is 7.90. The van der Waals surface area contributed by atoms with E-state index in [2.05, 4.69) is 10.3 Å². The quantitative estimate of drug-likeness (QED) is 0.791. The molecule has 3 N–H and O–H groups in total. The number of nitrogens with zero attached hydrogens (tertiary/aromatic N) is 1. The summed E-state index contributed by atoms with van der Waals surface area (Å²) in [7, 11) is -3.31. The van der Waals surface area contributed by atoms with Crippen LogP contribution in [0, 0.1) is 5.92 Å². The molecule has 1 aromatic rings. The second kappa shape index (κ2) is 5.24. The lowest BCUT2D eigenvalue weighted by Gasteiger charge is -2.09. The number of hydrogen-bond acceptors (Lipinski definition) is 5. The molecule has 0 aliphatic rings. The SMILES string of the molecule is CC(CN)C(=O)Nc1ccc(S(C)(=O)=O)nc1. The summed E-state index contributed by atoms with van der Waals surface area (Å²) in [6, 6.07) is 2.84. The number of hydrogen-bond donors (Lipinski definition) is 2. The Hall–Kier alpha value is -1.47. The fraction of sp³-hybridized carbons (Fsp3) is 0.400. The van der Waals surface area contributed by atoms with Gasteiger partial charge in [-0.15, -0.1) is 0 Å². The zero-order valence-electron chi connectivity index (χ0n) is 9.67. The van der Waals surface area contributed by atoms with Crippen molar-refractivity contribution < 1.29 is 13.2 Å². The van der Waals surface area contributed by atoms with Gasteiger partial charge in [-0.1, -0.05) is 6.92 Å². The molecule has 0 saturated heterocycles. The van der Waals surface area contributed by atoms with Gasteiger partial charge in [0.1, 0.15) is 0 Å². The van der Waals surface area contributed by atoms with Gasteiger partial charge < -0.3 is 11.1 Å². The van der Waals surface area contributed by atoms with E-state index in [1.54, 1.807) is 6.92 Å². The number of anilines is 1. The molecule has 0 bridgehead atoms. The summed E-state index contributed by atoms with van der Waals surface area (Å²) in [5, 5.41) is 2.57. The molecule has 17 heavy (non-hydrogen) atoms. The first-order valence-corrected chi connectivity index (χ1v) is 6.90. The lowest BCUT2D eigenvalue weighted by molar-refractivity contribution is -0.119. The van der Waals surface area contributed by atoms with Crippen LogP contribution in [0.3, 0.4) is 0 Å². The molecule has 0 aromatic carbocycles. The van der Waals surface area contributed by atoms with Crippen LogP contribution in [0.1, 0.15) is 6.92 Å². The number of amides is 1. The molecule has 1 amide bonds. The van der Waals surface area contributed by atoms with Gasteiger partial charge in [0.15, 0.2) is 14.9 Å². The van der Waals surface area contributed by atoms with Crippen LogP contribution in [-0.4, -0.2) is 32.1 Å². The van der Waals surface area contributed by atoms with Gasteiger partial charge in [0, 0.05) is 18.7 Å². The van der Waals surface area contributed by atoms with Crippen LogP contribution >= 0.6 is 0 Å². The van der Waals surface area contributed by atoms with Crippen molar-refractivity contribution in [3.8, 4) is 0 Å². The smallest absolute Gasteiger partial charge is 0.228 e. The zero-order valence-corrected chi connectivity index (χ0v) is 10.5. The van der Waals surface area contributed by atoms with Crippen LogP contribution in [0.5, 0.6) is 0 Å². The maximum Gasteiger partial charge on any atom is 0.228 e. The minimum atomic E-state index is -3.31. The third-order valence-corrected chi connectivity index (χ3v) is 3.19. The fourth-order valence-electron chi connectivity index (χ4n) is 1.05. The second-order valence-electron chi connectivity index (χ2n) is 3.78. The Balaban J connectivity index is 2.79. The van der Waals surface area contributed by atoms with Gasteiger partial charge in [0.05, 0.1) is 11.9 Å². The van der Waals surface area contributed by atoms with Crippen molar-refractivity contribution in [2.75, 3.05) is 18.1 Å². The third-order valence-electron chi connectivity index (χ3n) is 2.18. The number of nitrogens with one attached hydrogen (secondary N) is 1. The highest BCUT2D eigenvalue weighted by Crippen LogP contribution is 2.11. The lowest BCUT2D eigenvalue weighted by atomic mass is 10.1. The van der Waals surface area contributed by atoms with Crippen LogP contribution in [0.25, 0.3) is 0 Å². The number of carbonyl (C=O) groups excluding carboxylic acids is 1. The van der Waals surface area contributed by atoms with Crippen LogP contribution in [0.4, 0.5) is 5.69 Å². The topological polar surface area (TPSA) is 102 Å². The molecule has 0 saturated carbocycles. The first kappa shape index (κ1) is 13.6. The number of pyridine rings is 1. The molecule has 0 spiro atoms. The van der Waals surface area contributed by atoms with Crippen molar-refractivity contribution in [3.63, 3.8) is 0 Å². The Morgan fingerprint density at radius 1 is 1.53 bits per heavy atom. The standard InChI is InChI=1S/C10H15N3O3S/c1-7(5-11)10(14)13-8-3-4-9(12-6-8)17(2,15)16/h3-4,6-7H,5,11H2,1-2H3,(H,13,14). The van der Waals surface area contributed by atoms with Gasteiger partial charge >= 0.3 is 0 Å². The van der Waals surface area contributed by atoms with Crippen molar-refractivity contribution in [2.24, 2.45) is 11.7 Å². The molecule has 7 heteroatoms. The summed E-state index contributed by atoms with van der Waals surface area (Å²) >= 11 is 0. The van der Waals surface area contributed by atoms with E-state index >= 15 is 0 Å². The maximum atomic E-state index is 11.5. The molecule has 6 nitrogen and oxygen atoms in total. The molecular weight excluding hydrogens is 242 g/mol. The molecule has 1 atom stereocenters. The van der Waals surface area contributed by atoms with Crippen molar-refractivity contribution in [3.05, 3.63) is 18.3 Å². The molecule has 0 fully saturated rings. The molecule has 0 aliphatic carbocycles. The van der Waals surface area contributed by atoms with Crippen LogP contribution < -0.4 is 11.1 Å². The molecule has 1 aromatic heterocycles. The maximum absolute atomic E-state index is 11.5. The predicted octanol–water partition coefficient (Wildman–Crippen LogP) is 0.0184. The van der Waals surface area contributed by atoms with Crippen LogP contribution in [-0.2, 0) is 14.6 Å². The van der Waals surface area contributed by atoms with E-state index in [0.29, 0.717) is 5.69 Å². The summed E-state index contributed by atoms with van der Waals surface area (Å²) in [6.45, 7) is 1.95. The normalized spacial score (nSPS) is 13.1. The van der Waals surface area contributed by atoms with E-state index in [-0.39, 0.29) is 23.4 Å². The number of carbonyl (C=O) groups is 1. The van der Waals surface area contributed by atoms with Gasteiger partial charge in [0.25, 0.3) is 0 Å². The Morgan fingerprint density at radius 3 is 2.59 bits per heavy atom. The Kier molecular flexibility index (Phi) is 4.19. The van der Waals surface area contributed by atoms with Crippen LogP contribution in [0.2, 0.25) is 0 Å². The molecule has 0 aliphatic heterocycles. The average Bonchev–Trinajstić information content (AvgIpc) is 2.27. The largest absolute Gasteiger partial charge is 0.330 e. The molecule has 1 heterocycles. The summed E-state index contributed by atoms with van der Waals surface area (Å²) in [5.41, 5.74) is 5.80. The Bertz CT molecular complexity index is 496. The van der Waals surface area contributed by atoms with Crippen molar-refractivity contribution in [1.82, 2.24) is 4.98 Å². The summed E-state index contributed by atoms with van der Waals surface area (Å²) in [4.78, 5) is 15.2. The van der Waals surface area contributed by atoms with E-state index in [9.17, 15) is 13.2 Å². The third kappa shape index (κ3) is 3.79.